The van der Waals surface area contributed by atoms with Gasteiger partial charge in [0.2, 0.25) is 11.4 Å². The Morgan fingerprint density at radius 2 is 1.12 bits per heavy atom. The van der Waals surface area contributed by atoms with Crippen molar-refractivity contribution in [2.75, 3.05) is 0 Å². The van der Waals surface area contributed by atoms with Crippen LogP contribution in [0.15, 0.2) is 60.7 Å². The molecule has 1 aliphatic heterocycles. The zero-order chi connectivity index (χ0) is 23.9. The molecule has 0 N–H and O–H groups in total. The molecule has 2 aromatic carbocycles. The van der Waals surface area contributed by atoms with Gasteiger partial charge in [0.15, 0.2) is 0 Å². The van der Waals surface area contributed by atoms with E-state index in [9.17, 15) is 5.53 Å². The predicted molar refractivity (Wildman–Crippen MR) is 140 cm³/mol. The number of nitrogens with zero attached hydrogens (tertiary/aromatic N) is 2. The molecule has 182 valence electrons. The fourth-order valence-corrected chi connectivity index (χ4v) is 4.65. The molecule has 2 aromatic rings. The summed E-state index contributed by atoms with van der Waals surface area (Å²) >= 11 is 1.90. The molecule has 1 heterocycles. The van der Waals surface area contributed by atoms with Gasteiger partial charge >= 0.3 is 51.9 Å². The van der Waals surface area contributed by atoms with Crippen LogP contribution in [0.4, 0.5) is 0 Å². The second-order valence-electron chi connectivity index (χ2n) is 8.50. The van der Waals surface area contributed by atoms with E-state index >= 15 is 0 Å². The summed E-state index contributed by atoms with van der Waals surface area (Å²) in [5.41, 5.74) is 17.3. The molecule has 3 rings (SSSR count). The zero-order valence-corrected chi connectivity index (χ0v) is 22.0. The van der Waals surface area contributed by atoms with Gasteiger partial charge in [0.05, 0.1) is 0 Å². The van der Waals surface area contributed by atoms with Gasteiger partial charge in [-0.2, -0.15) is 0 Å². The molecule has 3 heteroatoms. The van der Waals surface area contributed by atoms with Crippen LogP contribution in [0.5, 0.6) is 0 Å². The van der Waals surface area contributed by atoms with E-state index in [1.54, 1.807) is 0 Å². The van der Waals surface area contributed by atoms with Gasteiger partial charge in [0.1, 0.15) is 0 Å². The maximum absolute atomic E-state index is 10.8. The van der Waals surface area contributed by atoms with Crippen LogP contribution in [0.3, 0.4) is 0 Å². The van der Waals surface area contributed by atoms with Crippen molar-refractivity contribution >= 4 is 11.4 Å². The van der Waals surface area contributed by atoms with Gasteiger partial charge in [-0.1, -0.05) is 51.0 Å². The monoisotopic (exact) mass is 488 g/mol. The van der Waals surface area contributed by atoms with E-state index < -0.39 is 0 Å². The van der Waals surface area contributed by atoms with Crippen LogP contribution < -0.4 is 0 Å². The Balaban J connectivity index is 0.000000479. The number of allylic oxidation sites excluding steroid dienone is 2. The topological polar surface area (TPSA) is 25.3 Å². The molecule has 0 unspecified atom stereocenters. The van der Waals surface area contributed by atoms with Crippen molar-refractivity contribution in [2.45, 2.75) is 89.8 Å². The molecular formula is C30H42N2Ni. The molecule has 0 saturated heterocycles. The van der Waals surface area contributed by atoms with Crippen LogP contribution in [0.2, 0.25) is 10.8 Å². The SMILES string of the molecule is CCCCc1cccc(C2=CC=C(c3cccc(CCCC)c3)[N+]2=[N-])c1.CC[CH2][Ni][CH2]CC. The minimum absolute atomic E-state index is 0.845. The van der Waals surface area contributed by atoms with Gasteiger partial charge in [-0.3, -0.25) is 0 Å². The molecule has 0 spiro atoms. The number of benzene rings is 2. The normalized spacial score (nSPS) is 12.9. The number of hydrogen-bond donors (Lipinski definition) is 0. The first-order valence-corrected chi connectivity index (χ1v) is 14.1. The Kier molecular flexibility index (Phi) is 13.0. The van der Waals surface area contributed by atoms with Crippen LogP contribution >= 0.6 is 0 Å². The van der Waals surface area contributed by atoms with Crippen LogP contribution in [0.25, 0.3) is 16.9 Å². The number of aryl methyl sites for hydroxylation is 2. The third kappa shape index (κ3) is 9.05. The fraction of sp³-hybridized carbons (Fsp3) is 0.467. The predicted octanol–water partition coefficient (Wildman–Crippen LogP) is 9.53. The molecule has 0 radical (unpaired) electrons. The first kappa shape index (κ1) is 27.3. The summed E-state index contributed by atoms with van der Waals surface area (Å²) in [6, 6.07) is 17.0. The third-order valence-electron chi connectivity index (χ3n) is 5.48. The van der Waals surface area contributed by atoms with E-state index in [0.717, 1.165) is 35.4 Å². The summed E-state index contributed by atoms with van der Waals surface area (Å²) in [6.07, 6.45) is 13.6. The molecule has 2 nitrogen and oxygen atoms in total. The first-order chi connectivity index (χ1) is 16.1. The van der Waals surface area contributed by atoms with Crippen molar-refractivity contribution in [1.82, 2.24) is 0 Å². The zero-order valence-electron chi connectivity index (χ0n) is 21.1. The van der Waals surface area contributed by atoms with Gasteiger partial charge in [0, 0.05) is 23.3 Å². The Bertz CT molecular complexity index is 853. The van der Waals surface area contributed by atoms with Gasteiger partial charge in [-0.15, -0.1) is 0 Å². The number of rotatable bonds is 12. The van der Waals surface area contributed by atoms with Crippen molar-refractivity contribution in [1.29, 1.82) is 0 Å². The Morgan fingerprint density at radius 3 is 1.52 bits per heavy atom. The second kappa shape index (κ2) is 15.8. The van der Waals surface area contributed by atoms with Gasteiger partial charge in [0.25, 0.3) is 0 Å². The summed E-state index contributed by atoms with van der Waals surface area (Å²) < 4.78 is 1.33. The van der Waals surface area contributed by atoms with Crippen LogP contribution in [0, 0.1) is 0 Å². The minimum atomic E-state index is 0.845. The van der Waals surface area contributed by atoms with Crippen molar-refractivity contribution in [3.8, 4) is 0 Å². The maximum atomic E-state index is 10.8. The number of unbranched alkanes of at least 4 members (excludes halogenated alkanes) is 2. The molecule has 0 amide bonds. The van der Waals surface area contributed by atoms with Gasteiger partial charge in [-0.05, 0) is 61.1 Å². The number of hydrogen-bond acceptors (Lipinski definition) is 0. The Labute approximate surface area is 208 Å². The molecule has 1 aliphatic rings. The molecule has 0 saturated carbocycles. The average Bonchev–Trinajstić information content (AvgIpc) is 3.24. The summed E-state index contributed by atoms with van der Waals surface area (Å²) in [4.78, 5) is 0. The molecular weight excluding hydrogens is 447 g/mol. The van der Waals surface area contributed by atoms with E-state index in [2.05, 4.69) is 76.2 Å². The average molecular weight is 489 g/mol. The Hall–Kier alpha value is -1.99. The van der Waals surface area contributed by atoms with Crippen molar-refractivity contribution < 1.29 is 19.1 Å². The molecule has 33 heavy (non-hydrogen) atoms. The van der Waals surface area contributed by atoms with E-state index in [0.29, 0.717) is 0 Å². The summed E-state index contributed by atoms with van der Waals surface area (Å²) in [7, 11) is 0. The van der Waals surface area contributed by atoms with Gasteiger partial charge < -0.3 is 5.53 Å². The molecule has 0 atom stereocenters. The third-order valence-corrected chi connectivity index (χ3v) is 7.16. The summed E-state index contributed by atoms with van der Waals surface area (Å²) in [6.45, 7) is 8.88. The first-order valence-electron chi connectivity index (χ1n) is 12.7. The van der Waals surface area contributed by atoms with Crippen LogP contribution in [0.1, 0.15) is 88.5 Å². The second-order valence-corrected chi connectivity index (χ2v) is 9.98. The van der Waals surface area contributed by atoms with Crippen molar-refractivity contribution in [3.63, 3.8) is 0 Å². The molecule has 0 fully saturated rings. The Morgan fingerprint density at radius 1 is 0.667 bits per heavy atom. The van der Waals surface area contributed by atoms with E-state index in [-0.39, 0.29) is 0 Å². The fourth-order valence-electron chi connectivity index (χ4n) is 3.70. The van der Waals surface area contributed by atoms with Gasteiger partial charge in [-0.25, -0.2) is 4.70 Å². The molecule has 0 bridgehead atoms. The van der Waals surface area contributed by atoms with Crippen LogP contribution in [-0.4, -0.2) is 4.70 Å². The van der Waals surface area contributed by atoms with Crippen LogP contribution in [-0.2, 0) is 27.3 Å². The van der Waals surface area contributed by atoms with Crippen molar-refractivity contribution in [2.24, 2.45) is 0 Å². The standard InChI is InChI=1S/C24H28N2.2C3H7.Ni/c1-3-5-9-19-11-7-13-21(17-19)23-15-16-24(26(23)25)22-14-8-12-20(18-22)10-6-4-2;2*1-3-2;/h7-8,11-18H,3-6,9-10H2,1-2H3;2*1,3H2,2H3;. The summed E-state index contributed by atoms with van der Waals surface area (Å²) in [5.74, 6) is 0. The van der Waals surface area contributed by atoms with E-state index in [4.69, 9.17) is 0 Å². The quantitative estimate of drug-likeness (QED) is 0.161. The summed E-state index contributed by atoms with van der Waals surface area (Å²) in [5, 5.41) is 2.72. The molecule has 0 aromatic heterocycles. The molecule has 0 aliphatic carbocycles. The van der Waals surface area contributed by atoms with E-state index in [1.165, 1.54) is 65.1 Å². The van der Waals surface area contributed by atoms with E-state index in [1.807, 2.05) is 26.6 Å². The van der Waals surface area contributed by atoms with Crippen molar-refractivity contribution in [3.05, 3.63) is 88.5 Å².